The van der Waals surface area contributed by atoms with Gasteiger partial charge in [0.2, 0.25) is 0 Å². The van der Waals surface area contributed by atoms with Gasteiger partial charge in [-0.05, 0) is 38.5 Å². The van der Waals surface area contributed by atoms with Crippen molar-refractivity contribution < 1.29 is 9.53 Å². The summed E-state index contributed by atoms with van der Waals surface area (Å²) in [4.78, 5) is 14.2. The molecule has 2 fully saturated rings. The molecule has 0 N–H and O–H groups in total. The Hall–Kier alpha value is -1.52. The predicted octanol–water partition coefficient (Wildman–Crippen LogP) is 2.64. The number of carbonyl (C=O) groups excluding carboxylic acids is 1. The average Bonchev–Trinajstić information content (AvgIpc) is 2.80. The van der Waals surface area contributed by atoms with Crippen molar-refractivity contribution in [1.82, 2.24) is 14.7 Å². The Morgan fingerprint density at radius 2 is 2.16 bits per heavy atom. The fourth-order valence-corrected chi connectivity index (χ4v) is 2.81. The van der Waals surface area contributed by atoms with Crippen molar-refractivity contribution in [1.29, 1.82) is 0 Å². The molecular weight excluding hydrogens is 242 g/mol. The number of piperidine rings is 1. The van der Waals surface area contributed by atoms with Gasteiger partial charge in [0.15, 0.2) is 0 Å². The highest BCUT2D eigenvalue weighted by molar-refractivity contribution is 5.68. The Kier molecular flexibility index (Phi) is 3.44. The Morgan fingerprint density at radius 1 is 1.32 bits per heavy atom. The van der Waals surface area contributed by atoms with Crippen LogP contribution in [0.15, 0.2) is 12.4 Å². The van der Waals surface area contributed by atoms with E-state index in [1.54, 1.807) is 4.68 Å². The predicted molar refractivity (Wildman–Crippen MR) is 70.6 cm³/mol. The minimum atomic E-state index is -0.141. The van der Waals surface area contributed by atoms with E-state index in [1.165, 1.54) is 6.42 Å². The average molecular weight is 263 g/mol. The molecular formula is C14H21N3O2. The molecule has 2 aliphatic rings. The van der Waals surface area contributed by atoms with Gasteiger partial charge >= 0.3 is 6.09 Å². The minimum absolute atomic E-state index is 0.134. The van der Waals surface area contributed by atoms with E-state index in [2.05, 4.69) is 5.10 Å². The normalized spacial score (nSPS) is 24.1. The molecule has 104 valence electrons. The molecule has 19 heavy (non-hydrogen) atoms. The topological polar surface area (TPSA) is 47.4 Å². The first-order chi connectivity index (χ1) is 9.24. The summed E-state index contributed by atoms with van der Waals surface area (Å²) in [7, 11) is 1.91. The summed E-state index contributed by atoms with van der Waals surface area (Å²) in [5, 5.41) is 4.21. The summed E-state index contributed by atoms with van der Waals surface area (Å²) >= 11 is 0. The van der Waals surface area contributed by atoms with Gasteiger partial charge in [0, 0.05) is 25.4 Å². The van der Waals surface area contributed by atoms with Crippen molar-refractivity contribution in [3.63, 3.8) is 0 Å². The van der Waals surface area contributed by atoms with Crippen LogP contribution in [0.5, 0.6) is 0 Å². The third kappa shape index (κ3) is 2.60. The molecule has 0 radical (unpaired) electrons. The monoisotopic (exact) mass is 263 g/mol. The molecule has 3 rings (SSSR count). The van der Waals surface area contributed by atoms with E-state index in [1.807, 2.05) is 24.3 Å². The summed E-state index contributed by atoms with van der Waals surface area (Å²) in [6.07, 6.45) is 10.3. The number of nitrogens with zero attached hydrogens (tertiary/aromatic N) is 3. The van der Waals surface area contributed by atoms with Gasteiger partial charge < -0.3 is 9.64 Å². The highest BCUT2D eigenvalue weighted by Crippen LogP contribution is 2.32. The van der Waals surface area contributed by atoms with Gasteiger partial charge in [-0.1, -0.05) is 0 Å². The van der Waals surface area contributed by atoms with Crippen LogP contribution in [-0.4, -0.2) is 33.4 Å². The van der Waals surface area contributed by atoms with E-state index >= 15 is 0 Å². The number of hydrogen-bond donors (Lipinski definition) is 0. The van der Waals surface area contributed by atoms with Crippen LogP contribution in [0.2, 0.25) is 0 Å². The standard InChI is InChI=1S/C14H21N3O2/c1-16-10-11(9-15-16)13-7-2-3-8-17(13)14(18)19-12-5-4-6-12/h9-10,12-13H,2-8H2,1H3. The number of aryl methyl sites for hydroxylation is 1. The van der Waals surface area contributed by atoms with E-state index in [0.29, 0.717) is 0 Å². The summed E-state index contributed by atoms with van der Waals surface area (Å²) < 4.78 is 7.34. The number of hydrogen-bond acceptors (Lipinski definition) is 3. The van der Waals surface area contributed by atoms with Crippen molar-refractivity contribution in [3.05, 3.63) is 18.0 Å². The van der Waals surface area contributed by atoms with E-state index in [9.17, 15) is 4.79 Å². The van der Waals surface area contributed by atoms with E-state index < -0.39 is 0 Å². The van der Waals surface area contributed by atoms with Crippen LogP contribution in [0.25, 0.3) is 0 Å². The van der Waals surface area contributed by atoms with Gasteiger partial charge in [-0.3, -0.25) is 4.68 Å². The zero-order chi connectivity index (χ0) is 13.2. The smallest absolute Gasteiger partial charge is 0.410 e. The molecule has 1 amide bonds. The molecule has 2 heterocycles. The van der Waals surface area contributed by atoms with Crippen LogP contribution in [0.3, 0.4) is 0 Å². The lowest BCUT2D eigenvalue weighted by atomic mass is 9.96. The molecule has 1 unspecified atom stereocenters. The number of rotatable bonds is 2. The minimum Gasteiger partial charge on any atom is -0.446 e. The molecule has 1 aliphatic heterocycles. The second kappa shape index (κ2) is 5.23. The first kappa shape index (κ1) is 12.5. The first-order valence-electron chi connectivity index (χ1n) is 7.20. The largest absolute Gasteiger partial charge is 0.446 e. The molecule has 1 aliphatic carbocycles. The highest BCUT2D eigenvalue weighted by atomic mass is 16.6. The summed E-state index contributed by atoms with van der Waals surface area (Å²) in [6, 6.07) is 0.134. The van der Waals surface area contributed by atoms with E-state index in [4.69, 9.17) is 4.74 Å². The van der Waals surface area contributed by atoms with Crippen LogP contribution in [0.1, 0.15) is 50.1 Å². The molecule has 1 aromatic heterocycles. The van der Waals surface area contributed by atoms with Gasteiger partial charge in [-0.2, -0.15) is 5.10 Å². The third-order valence-electron chi connectivity index (χ3n) is 4.17. The maximum Gasteiger partial charge on any atom is 0.410 e. The van der Waals surface area contributed by atoms with Crippen LogP contribution in [-0.2, 0) is 11.8 Å². The number of likely N-dealkylation sites (tertiary alicyclic amines) is 1. The van der Waals surface area contributed by atoms with Crippen LogP contribution >= 0.6 is 0 Å². The Balaban J connectivity index is 1.70. The summed E-state index contributed by atoms with van der Waals surface area (Å²) in [5.74, 6) is 0. The first-order valence-corrected chi connectivity index (χ1v) is 7.20. The molecule has 5 heteroatoms. The summed E-state index contributed by atoms with van der Waals surface area (Å²) in [6.45, 7) is 0.797. The molecule has 1 saturated heterocycles. The lowest BCUT2D eigenvalue weighted by Gasteiger charge is -2.36. The van der Waals surface area contributed by atoms with Crippen LogP contribution in [0, 0.1) is 0 Å². The van der Waals surface area contributed by atoms with Gasteiger partial charge in [0.1, 0.15) is 6.10 Å². The van der Waals surface area contributed by atoms with Gasteiger partial charge in [-0.25, -0.2) is 4.79 Å². The molecule has 0 spiro atoms. The number of ether oxygens (including phenoxy) is 1. The Labute approximate surface area is 113 Å². The third-order valence-corrected chi connectivity index (χ3v) is 4.17. The maximum atomic E-state index is 12.3. The molecule has 1 atom stereocenters. The SMILES string of the molecule is Cn1cc(C2CCCCN2C(=O)OC2CCC2)cn1. The van der Waals surface area contributed by atoms with Crippen LogP contribution < -0.4 is 0 Å². The lowest BCUT2D eigenvalue weighted by Crippen LogP contribution is -2.41. The number of carbonyl (C=O) groups is 1. The number of aromatic nitrogens is 2. The van der Waals surface area contributed by atoms with Crippen molar-refractivity contribution in [2.75, 3.05) is 6.54 Å². The van der Waals surface area contributed by atoms with E-state index in [-0.39, 0.29) is 18.2 Å². The second-order valence-corrected chi connectivity index (χ2v) is 5.59. The second-order valence-electron chi connectivity index (χ2n) is 5.59. The number of amides is 1. The van der Waals surface area contributed by atoms with E-state index in [0.717, 1.165) is 44.2 Å². The van der Waals surface area contributed by atoms with Gasteiger partial charge in [0.25, 0.3) is 0 Å². The fraction of sp³-hybridized carbons (Fsp3) is 0.714. The van der Waals surface area contributed by atoms with Crippen molar-refractivity contribution in [2.24, 2.45) is 7.05 Å². The molecule has 5 nitrogen and oxygen atoms in total. The maximum absolute atomic E-state index is 12.3. The van der Waals surface area contributed by atoms with Crippen molar-refractivity contribution in [2.45, 2.75) is 50.7 Å². The Bertz CT molecular complexity index is 453. The zero-order valence-electron chi connectivity index (χ0n) is 11.4. The molecule has 0 bridgehead atoms. The molecule has 1 aromatic rings. The van der Waals surface area contributed by atoms with Gasteiger partial charge in [-0.15, -0.1) is 0 Å². The summed E-state index contributed by atoms with van der Waals surface area (Å²) in [5.41, 5.74) is 1.12. The fourth-order valence-electron chi connectivity index (χ4n) is 2.81. The van der Waals surface area contributed by atoms with Crippen LogP contribution in [0.4, 0.5) is 4.79 Å². The quantitative estimate of drug-likeness (QED) is 0.824. The lowest BCUT2D eigenvalue weighted by molar-refractivity contribution is 0.0120. The Morgan fingerprint density at radius 3 is 2.79 bits per heavy atom. The van der Waals surface area contributed by atoms with Crippen molar-refractivity contribution in [3.8, 4) is 0 Å². The zero-order valence-corrected chi connectivity index (χ0v) is 11.4. The van der Waals surface area contributed by atoms with Crippen molar-refractivity contribution >= 4 is 6.09 Å². The van der Waals surface area contributed by atoms with Gasteiger partial charge in [0.05, 0.1) is 12.2 Å². The molecule has 0 aromatic carbocycles. The molecule has 1 saturated carbocycles. The highest BCUT2D eigenvalue weighted by Gasteiger charge is 2.32.